The van der Waals surface area contributed by atoms with E-state index in [0.29, 0.717) is 23.4 Å². The minimum Gasteiger partial charge on any atom is -0.329 e. The monoisotopic (exact) mass is 366 g/mol. The SMILES string of the molecule is Cc1cnc(C(=O)N2CCCC[C@H]2c2cc3nc(C)c(C)c(=O)n3[nH]2)cn1. The molecule has 3 aromatic rings. The number of carbonyl (C=O) groups excluding carboxylic acids is 1. The van der Waals surface area contributed by atoms with Gasteiger partial charge in [-0.1, -0.05) is 0 Å². The number of aryl methyl sites for hydroxylation is 2. The molecule has 8 heteroatoms. The molecule has 27 heavy (non-hydrogen) atoms. The van der Waals surface area contributed by atoms with Crippen molar-refractivity contribution in [3.8, 4) is 0 Å². The van der Waals surface area contributed by atoms with Crippen LogP contribution in [0.3, 0.4) is 0 Å². The number of carbonyl (C=O) groups is 1. The lowest BCUT2D eigenvalue weighted by Gasteiger charge is -2.34. The van der Waals surface area contributed by atoms with Crippen molar-refractivity contribution in [1.29, 1.82) is 0 Å². The van der Waals surface area contributed by atoms with Gasteiger partial charge in [0.1, 0.15) is 5.69 Å². The smallest absolute Gasteiger partial charge is 0.275 e. The van der Waals surface area contributed by atoms with Crippen LogP contribution in [0.5, 0.6) is 0 Å². The van der Waals surface area contributed by atoms with Gasteiger partial charge >= 0.3 is 0 Å². The van der Waals surface area contributed by atoms with E-state index < -0.39 is 0 Å². The van der Waals surface area contributed by atoms with Gasteiger partial charge in [-0.15, -0.1) is 0 Å². The highest BCUT2D eigenvalue weighted by molar-refractivity contribution is 5.92. The molecule has 0 radical (unpaired) electrons. The van der Waals surface area contributed by atoms with Gasteiger partial charge in [-0.2, -0.15) is 0 Å². The van der Waals surface area contributed by atoms with Crippen LogP contribution in [0.15, 0.2) is 23.3 Å². The Kier molecular flexibility index (Phi) is 4.25. The van der Waals surface area contributed by atoms with Crippen LogP contribution < -0.4 is 5.56 Å². The Hall–Kier alpha value is -3.03. The molecule has 0 spiro atoms. The van der Waals surface area contributed by atoms with Gasteiger partial charge in [0.05, 0.1) is 23.6 Å². The van der Waals surface area contributed by atoms with Crippen LogP contribution in [-0.2, 0) is 0 Å². The normalized spacial score (nSPS) is 17.4. The van der Waals surface area contributed by atoms with E-state index in [9.17, 15) is 9.59 Å². The summed E-state index contributed by atoms with van der Waals surface area (Å²) in [7, 11) is 0. The molecule has 1 aliphatic heterocycles. The number of nitrogens with zero attached hydrogens (tertiary/aromatic N) is 5. The Morgan fingerprint density at radius 1 is 1.19 bits per heavy atom. The Balaban J connectivity index is 1.73. The van der Waals surface area contributed by atoms with Crippen molar-refractivity contribution >= 4 is 11.6 Å². The summed E-state index contributed by atoms with van der Waals surface area (Å²) in [6, 6.07) is 1.72. The second-order valence-corrected chi connectivity index (χ2v) is 7.09. The molecule has 3 aromatic heterocycles. The maximum absolute atomic E-state index is 13.0. The van der Waals surface area contributed by atoms with Crippen LogP contribution in [0.4, 0.5) is 0 Å². The van der Waals surface area contributed by atoms with Crippen molar-refractivity contribution in [3.05, 3.63) is 57.2 Å². The lowest BCUT2D eigenvalue weighted by molar-refractivity contribution is 0.0599. The molecular formula is C19H22N6O2. The predicted molar refractivity (Wildman–Crippen MR) is 99.7 cm³/mol. The minimum absolute atomic E-state index is 0.109. The van der Waals surface area contributed by atoms with Gasteiger partial charge in [-0.3, -0.25) is 19.7 Å². The van der Waals surface area contributed by atoms with E-state index in [1.54, 1.807) is 13.1 Å². The molecule has 0 bridgehead atoms. The average Bonchev–Trinajstić information content (AvgIpc) is 3.10. The van der Waals surface area contributed by atoms with Gasteiger partial charge in [0.2, 0.25) is 0 Å². The molecular weight excluding hydrogens is 344 g/mol. The van der Waals surface area contributed by atoms with Crippen LogP contribution in [0.2, 0.25) is 0 Å². The third-order valence-electron chi connectivity index (χ3n) is 5.23. The second kappa shape index (κ2) is 6.61. The summed E-state index contributed by atoms with van der Waals surface area (Å²) in [6.07, 6.45) is 5.91. The van der Waals surface area contributed by atoms with E-state index in [2.05, 4.69) is 20.1 Å². The lowest BCUT2D eigenvalue weighted by Crippen LogP contribution is -2.39. The highest BCUT2D eigenvalue weighted by Crippen LogP contribution is 2.31. The maximum Gasteiger partial charge on any atom is 0.275 e. The third-order valence-corrected chi connectivity index (χ3v) is 5.23. The van der Waals surface area contributed by atoms with E-state index in [1.165, 1.54) is 10.7 Å². The highest BCUT2D eigenvalue weighted by atomic mass is 16.2. The highest BCUT2D eigenvalue weighted by Gasteiger charge is 2.31. The first-order chi connectivity index (χ1) is 13.0. The Morgan fingerprint density at radius 3 is 2.74 bits per heavy atom. The lowest BCUT2D eigenvalue weighted by atomic mass is 9.99. The van der Waals surface area contributed by atoms with Gasteiger partial charge in [0.25, 0.3) is 11.5 Å². The zero-order valence-corrected chi connectivity index (χ0v) is 15.7. The number of hydrogen-bond acceptors (Lipinski definition) is 5. The van der Waals surface area contributed by atoms with Crippen LogP contribution in [-0.4, -0.2) is 41.9 Å². The number of hydrogen-bond donors (Lipinski definition) is 1. The minimum atomic E-state index is -0.143. The van der Waals surface area contributed by atoms with E-state index >= 15 is 0 Å². The molecule has 4 rings (SSSR count). The standard InChI is InChI=1S/C19H22N6O2/c1-11-9-21-15(10-20-11)19(27)24-7-5-4-6-16(24)14-8-17-22-13(3)12(2)18(26)25(17)23-14/h8-10,16,23H,4-7H2,1-3H3/t16-/m0/s1. The van der Waals surface area contributed by atoms with Crippen LogP contribution >= 0.6 is 0 Å². The molecule has 0 unspecified atom stereocenters. The fourth-order valence-corrected chi connectivity index (χ4v) is 3.56. The van der Waals surface area contributed by atoms with Crippen LogP contribution in [0, 0.1) is 20.8 Å². The zero-order valence-electron chi connectivity index (χ0n) is 15.7. The molecule has 1 amide bonds. The topological polar surface area (TPSA) is 96.3 Å². The summed E-state index contributed by atoms with van der Waals surface area (Å²) in [5.41, 5.74) is 3.73. The van der Waals surface area contributed by atoms with E-state index in [1.807, 2.05) is 24.8 Å². The van der Waals surface area contributed by atoms with Gasteiger partial charge in [-0.25, -0.2) is 14.5 Å². The molecule has 0 aromatic carbocycles. The number of fused-ring (bicyclic) bond motifs is 1. The molecule has 1 aliphatic rings. The number of rotatable bonds is 2. The fourth-order valence-electron chi connectivity index (χ4n) is 3.56. The summed E-state index contributed by atoms with van der Waals surface area (Å²) >= 11 is 0. The number of aromatic nitrogens is 5. The van der Waals surface area contributed by atoms with Gasteiger partial charge in [0.15, 0.2) is 5.65 Å². The number of likely N-dealkylation sites (tertiary alicyclic amines) is 1. The van der Waals surface area contributed by atoms with E-state index in [0.717, 1.165) is 36.3 Å². The summed E-state index contributed by atoms with van der Waals surface area (Å²) in [4.78, 5) is 40.2. The molecule has 1 fully saturated rings. The molecule has 4 heterocycles. The van der Waals surface area contributed by atoms with Crippen LogP contribution in [0.25, 0.3) is 5.65 Å². The summed E-state index contributed by atoms with van der Waals surface area (Å²) in [6.45, 7) is 6.08. The van der Waals surface area contributed by atoms with Crippen molar-refractivity contribution in [2.45, 2.75) is 46.1 Å². The Bertz CT molecular complexity index is 1070. The first-order valence-corrected chi connectivity index (χ1v) is 9.14. The molecule has 1 saturated heterocycles. The number of amides is 1. The van der Waals surface area contributed by atoms with Crippen molar-refractivity contribution < 1.29 is 4.79 Å². The largest absolute Gasteiger partial charge is 0.329 e. The van der Waals surface area contributed by atoms with Crippen molar-refractivity contribution in [3.63, 3.8) is 0 Å². The summed E-state index contributed by atoms with van der Waals surface area (Å²) < 4.78 is 1.46. The number of aromatic amines is 1. The number of H-pyrrole nitrogens is 1. The Labute approximate surface area is 156 Å². The number of nitrogens with one attached hydrogen (secondary N) is 1. The summed E-state index contributed by atoms with van der Waals surface area (Å²) in [5, 5.41) is 3.16. The first-order valence-electron chi connectivity index (χ1n) is 9.14. The molecule has 0 saturated carbocycles. The molecule has 0 aliphatic carbocycles. The van der Waals surface area contributed by atoms with Crippen molar-refractivity contribution in [1.82, 2.24) is 29.5 Å². The van der Waals surface area contributed by atoms with Gasteiger partial charge in [0, 0.05) is 30.1 Å². The quantitative estimate of drug-likeness (QED) is 0.749. The Morgan fingerprint density at radius 2 is 2.00 bits per heavy atom. The molecule has 8 nitrogen and oxygen atoms in total. The van der Waals surface area contributed by atoms with Gasteiger partial charge < -0.3 is 4.90 Å². The molecule has 1 N–H and O–H groups in total. The third kappa shape index (κ3) is 3.01. The predicted octanol–water partition coefficient (Wildman–Crippen LogP) is 2.11. The average molecular weight is 366 g/mol. The van der Waals surface area contributed by atoms with Crippen LogP contribution in [0.1, 0.15) is 58.4 Å². The summed E-state index contributed by atoms with van der Waals surface area (Å²) in [5.74, 6) is -0.140. The van der Waals surface area contributed by atoms with Crippen molar-refractivity contribution in [2.75, 3.05) is 6.54 Å². The molecule has 140 valence electrons. The zero-order chi connectivity index (χ0) is 19.1. The van der Waals surface area contributed by atoms with Crippen molar-refractivity contribution in [2.24, 2.45) is 0 Å². The van der Waals surface area contributed by atoms with E-state index in [4.69, 9.17) is 0 Å². The molecule has 1 atom stereocenters. The van der Waals surface area contributed by atoms with Gasteiger partial charge in [-0.05, 0) is 40.0 Å². The maximum atomic E-state index is 13.0. The number of piperidine rings is 1. The van der Waals surface area contributed by atoms with E-state index in [-0.39, 0.29) is 17.5 Å². The fraction of sp³-hybridized carbons (Fsp3) is 0.421. The first kappa shape index (κ1) is 17.4. The second-order valence-electron chi connectivity index (χ2n) is 7.09.